The van der Waals surface area contributed by atoms with Gasteiger partial charge < -0.3 is 14.6 Å². The van der Waals surface area contributed by atoms with E-state index in [1.807, 2.05) is 0 Å². The summed E-state index contributed by atoms with van der Waals surface area (Å²) < 4.78 is 10.1. The second kappa shape index (κ2) is 5.51. The first-order chi connectivity index (χ1) is 7.62. The number of carbonyl (C=O) groups excluding carboxylic acids is 1. The van der Waals surface area contributed by atoms with Gasteiger partial charge in [-0.25, -0.2) is 0 Å². The smallest absolute Gasteiger partial charge is 0.191 e. The van der Waals surface area contributed by atoms with E-state index in [-0.39, 0.29) is 5.78 Å². The molecule has 0 aliphatic rings. The van der Waals surface area contributed by atoms with Gasteiger partial charge >= 0.3 is 0 Å². The second-order valence-electron chi connectivity index (χ2n) is 3.39. The van der Waals surface area contributed by atoms with E-state index in [4.69, 9.17) is 9.47 Å². The molecule has 4 heteroatoms. The van der Waals surface area contributed by atoms with E-state index >= 15 is 0 Å². The Bertz CT molecular complexity index is 351. The average Bonchev–Trinajstić information content (AvgIpc) is 2.35. The van der Waals surface area contributed by atoms with E-state index in [0.29, 0.717) is 23.5 Å². The minimum Gasteiger partial charge on any atom is -0.497 e. The largest absolute Gasteiger partial charge is 0.497 e. The van der Waals surface area contributed by atoms with Gasteiger partial charge in [-0.05, 0) is 18.6 Å². The number of methoxy groups -OCH3 is 2. The van der Waals surface area contributed by atoms with Gasteiger partial charge in [-0.15, -0.1) is 0 Å². The third-order valence-electron chi connectivity index (χ3n) is 2.33. The summed E-state index contributed by atoms with van der Waals surface area (Å²) in [6, 6.07) is 4.85. The van der Waals surface area contributed by atoms with Crippen LogP contribution in [0.25, 0.3) is 0 Å². The third-order valence-corrected chi connectivity index (χ3v) is 2.33. The topological polar surface area (TPSA) is 55.8 Å². The minimum atomic E-state index is -0.975. The fraction of sp³-hybridized carbons (Fsp3) is 0.417. The van der Waals surface area contributed by atoms with Gasteiger partial charge in [0.1, 0.15) is 17.6 Å². The van der Waals surface area contributed by atoms with Crippen LogP contribution >= 0.6 is 0 Å². The SMILES string of the molecule is CC[C@@H](O)C(=O)c1cc(OC)cc(OC)c1. The summed E-state index contributed by atoms with van der Waals surface area (Å²) in [6.45, 7) is 1.75. The Hall–Kier alpha value is -1.55. The number of hydrogen-bond acceptors (Lipinski definition) is 4. The van der Waals surface area contributed by atoms with Crippen molar-refractivity contribution < 1.29 is 19.4 Å². The third kappa shape index (κ3) is 2.73. The van der Waals surface area contributed by atoms with Crippen molar-refractivity contribution in [3.8, 4) is 11.5 Å². The molecule has 88 valence electrons. The molecule has 4 nitrogen and oxygen atoms in total. The van der Waals surface area contributed by atoms with Gasteiger partial charge in [0, 0.05) is 11.6 Å². The number of ether oxygens (including phenoxy) is 2. The Kier molecular flexibility index (Phi) is 4.31. The fourth-order valence-corrected chi connectivity index (χ4v) is 1.33. The normalized spacial score (nSPS) is 12.0. The molecule has 1 N–H and O–H groups in total. The van der Waals surface area contributed by atoms with Crippen LogP contribution in [0.5, 0.6) is 11.5 Å². The van der Waals surface area contributed by atoms with E-state index in [1.54, 1.807) is 25.1 Å². The Balaban J connectivity index is 3.07. The van der Waals surface area contributed by atoms with Gasteiger partial charge in [0.25, 0.3) is 0 Å². The molecule has 0 saturated heterocycles. The first-order valence-electron chi connectivity index (χ1n) is 5.07. The van der Waals surface area contributed by atoms with Crippen LogP contribution in [-0.4, -0.2) is 31.2 Å². The number of hydrogen-bond donors (Lipinski definition) is 1. The summed E-state index contributed by atoms with van der Waals surface area (Å²) in [4.78, 5) is 11.8. The fourth-order valence-electron chi connectivity index (χ4n) is 1.33. The van der Waals surface area contributed by atoms with Crippen LogP contribution in [0.4, 0.5) is 0 Å². The second-order valence-corrected chi connectivity index (χ2v) is 3.39. The van der Waals surface area contributed by atoms with Gasteiger partial charge in [0.15, 0.2) is 5.78 Å². The predicted molar refractivity (Wildman–Crippen MR) is 60.2 cm³/mol. The summed E-state index contributed by atoms with van der Waals surface area (Å²) in [5.74, 6) is 0.747. The monoisotopic (exact) mass is 224 g/mol. The predicted octanol–water partition coefficient (Wildman–Crippen LogP) is 1.66. The zero-order chi connectivity index (χ0) is 12.1. The standard InChI is InChI=1S/C12H16O4/c1-4-11(13)12(14)8-5-9(15-2)7-10(6-8)16-3/h5-7,11,13H,4H2,1-3H3/t11-/m1/s1. The Morgan fingerprint density at radius 3 is 2.12 bits per heavy atom. The van der Waals surface area contributed by atoms with Crippen LogP contribution in [0.15, 0.2) is 18.2 Å². The molecule has 1 rings (SSSR count). The number of aliphatic hydroxyl groups is 1. The van der Waals surface area contributed by atoms with E-state index in [1.165, 1.54) is 14.2 Å². The highest BCUT2D eigenvalue weighted by Gasteiger charge is 2.16. The molecule has 0 amide bonds. The lowest BCUT2D eigenvalue weighted by Crippen LogP contribution is -2.19. The van der Waals surface area contributed by atoms with Gasteiger partial charge in [0.2, 0.25) is 0 Å². The number of Topliss-reactive ketones (excluding diaryl/α,β-unsaturated/α-hetero) is 1. The highest BCUT2D eigenvalue weighted by atomic mass is 16.5. The van der Waals surface area contributed by atoms with Crippen molar-refractivity contribution in [3.63, 3.8) is 0 Å². The van der Waals surface area contributed by atoms with Crippen LogP contribution in [-0.2, 0) is 0 Å². The number of ketones is 1. The maximum Gasteiger partial charge on any atom is 0.191 e. The first kappa shape index (κ1) is 12.5. The Morgan fingerprint density at radius 1 is 1.25 bits per heavy atom. The molecular weight excluding hydrogens is 208 g/mol. The van der Waals surface area contributed by atoms with Gasteiger partial charge in [-0.2, -0.15) is 0 Å². The molecule has 1 aromatic rings. The molecule has 0 unspecified atom stereocenters. The Morgan fingerprint density at radius 2 is 1.75 bits per heavy atom. The molecule has 0 radical (unpaired) electrons. The quantitative estimate of drug-likeness (QED) is 0.773. The molecule has 1 atom stereocenters. The van der Waals surface area contributed by atoms with E-state index < -0.39 is 6.10 Å². The highest BCUT2D eigenvalue weighted by molar-refractivity contribution is 5.99. The van der Waals surface area contributed by atoms with Crippen molar-refractivity contribution in [2.75, 3.05) is 14.2 Å². The number of rotatable bonds is 5. The minimum absolute atomic E-state index is 0.320. The van der Waals surface area contributed by atoms with Gasteiger partial charge in [0.05, 0.1) is 14.2 Å². The van der Waals surface area contributed by atoms with Crippen molar-refractivity contribution >= 4 is 5.78 Å². The molecule has 0 spiro atoms. The molecule has 0 aromatic heterocycles. The van der Waals surface area contributed by atoms with Crippen molar-refractivity contribution in [1.82, 2.24) is 0 Å². The van der Waals surface area contributed by atoms with Crippen molar-refractivity contribution in [3.05, 3.63) is 23.8 Å². The maximum atomic E-state index is 11.8. The van der Waals surface area contributed by atoms with Crippen molar-refractivity contribution in [2.45, 2.75) is 19.4 Å². The van der Waals surface area contributed by atoms with E-state index in [2.05, 4.69) is 0 Å². The van der Waals surface area contributed by atoms with Crippen LogP contribution in [0, 0.1) is 0 Å². The van der Waals surface area contributed by atoms with Gasteiger partial charge in [-0.1, -0.05) is 6.92 Å². The molecule has 1 aromatic carbocycles. The summed E-state index contributed by atoms with van der Waals surface area (Å²) >= 11 is 0. The molecule has 16 heavy (non-hydrogen) atoms. The summed E-state index contributed by atoms with van der Waals surface area (Å²) in [7, 11) is 3.03. The molecule has 0 fully saturated rings. The van der Waals surface area contributed by atoms with E-state index in [9.17, 15) is 9.90 Å². The number of benzene rings is 1. The molecule has 0 heterocycles. The van der Waals surface area contributed by atoms with Crippen molar-refractivity contribution in [2.24, 2.45) is 0 Å². The first-order valence-corrected chi connectivity index (χ1v) is 5.07. The zero-order valence-corrected chi connectivity index (χ0v) is 9.69. The number of carbonyl (C=O) groups is 1. The van der Waals surface area contributed by atoms with Crippen molar-refractivity contribution in [1.29, 1.82) is 0 Å². The average molecular weight is 224 g/mol. The molecule has 0 aliphatic heterocycles. The van der Waals surface area contributed by atoms with Crippen LogP contribution < -0.4 is 9.47 Å². The summed E-state index contributed by atoms with van der Waals surface area (Å²) in [6.07, 6.45) is -0.588. The van der Waals surface area contributed by atoms with Gasteiger partial charge in [-0.3, -0.25) is 4.79 Å². The lowest BCUT2D eigenvalue weighted by atomic mass is 10.0. The summed E-state index contributed by atoms with van der Waals surface area (Å²) in [5.41, 5.74) is 0.394. The van der Waals surface area contributed by atoms with Crippen LogP contribution in [0.1, 0.15) is 23.7 Å². The number of aliphatic hydroxyl groups excluding tert-OH is 1. The van der Waals surface area contributed by atoms with Crippen LogP contribution in [0.2, 0.25) is 0 Å². The zero-order valence-electron chi connectivity index (χ0n) is 9.69. The highest BCUT2D eigenvalue weighted by Crippen LogP contribution is 2.23. The van der Waals surface area contributed by atoms with Crippen LogP contribution in [0.3, 0.4) is 0 Å². The molecule has 0 bridgehead atoms. The maximum absolute atomic E-state index is 11.8. The molecule has 0 aliphatic carbocycles. The Labute approximate surface area is 94.8 Å². The molecule has 0 saturated carbocycles. The lowest BCUT2D eigenvalue weighted by Gasteiger charge is -2.10. The van der Waals surface area contributed by atoms with E-state index in [0.717, 1.165) is 0 Å². The summed E-state index contributed by atoms with van der Waals surface area (Å²) in [5, 5.41) is 9.48. The lowest BCUT2D eigenvalue weighted by molar-refractivity contribution is 0.0740. The molecular formula is C12H16O4.